The first-order chi connectivity index (χ1) is 17.7. The Labute approximate surface area is 213 Å². The van der Waals surface area contributed by atoms with Gasteiger partial charge in [0, 0.05) is 37.9 Å². The molecule has 0 unspecified atom stereocenters. The van der Waals surface area contributed by atoms with Crippen molar-refractivity contribution in [3.8, 4) is 5.75 Å². The molecular formula is C27H31F3N4O3. The standard InChI is InChI=1S/C27H31F3N4O3/c1-33-13-15-34(16-14-33)27(11-12-27)24(36)32-26(9-2-10-26)18-3-5-19(6-4-18)31-23(35)21-8-7-20(17-22(21)28)37-25(29)30/h3-8,17,25H,2,9-16H2,1H3,(H,31,35)(H,32,36). The summed E-state index contributed by atoms with van der Waals surface area (Å²) in [6.45, 7) is 0.639. The van der Waals surface area contributed by atoms with Crippen molar-refractivity contribution >= 4 is 17.5 Å². The van der Waals surface area contributed by atoms with Crippen LogP contribution in [0.25, 0.3) is 0 Å². The molecular weight excluding hydrogens is 485 g/mol. The predicted octanol–water partition coefficient (Wildman–Crippen LogP) is 3.95. The molecule has 2 saturated carbocycles. The van der Waals surface area contributed by atoms with Gasteiger partial charge in [-0.15, -0.1) is 0 Å². The minimum Gasteiger partial charge on any atom is -0.435 e. The zero-order valence-corrected chi connectivity index (χ0v) is 20.7. The average Bonchev–Trinajstić information content (AvgIpc) is 3.64. The lowest BCUT2D eigenvalue weighted by molar-refractivity contribution is -0.132. The van der Waals surface area contributed by atoms with E-state index in [2.05, 4.69) is 32.2 Å². The summed E-state index contributed by atoms with van der Waals surface area (Å²) >= 11 is 0. The number of anilines is 1. The normalized spacial score (nSPS) is 20.7. The van der Waals surface area contributed by atoms with Crippen LogP contribution in [0, 0.1) is 5.82 Å². The van der Waals surface area contributed by atoms with Crippen molar-refractivity contribution in [2.24, 2.45) is 0 Å². The molecule has 1 saturated heterocycles. The van der Waals surface area contributed by atoms with E-state index in [1.54, 1.807) is 12.1 Å². The maximum absolute atomic E-state index is 14.3. The van der Waals surface area contributed by atoms with Gasteiger partial charge in [0.2, 0.25) is 5.91 Å². The van der Waals surface area contributed by atoms with Gasteiger partial charge in [-0.05, 0) is 69.0 Å². The van der Waals surface area contributed by atoms with E-state index in [-0.39, 0.29) is 17.2 Å². The molecule has 0 bridgehead atoms. The largest absolute Gasteiger partial charge is 0.435 e. The number of halogens is 3. The molecule has 5 rings (SSSR count). The van der Waals surface area contributed by atoms with E-state index >= 15 is 0 Å². The van der Waals surface area contributed by atoms with Gasteiger partial charge >= 0.3 is 6.61 Å². The van der Waals surface area contributed by atoms with Gasteiger partial charge in [-0.1, -0.05) is 12.1 Å². The molecule has 2 N–H and O–H groups in total. The number of hydrogen-bond acceptors (Lipinski definition) is 5. The van der Waals surface area contributed by atoms with E-state index in [1.165, 1.54) is 0 Å². The number of likely N-dealkylation sites (N-methyl/N-ethyl adjacent to an activating group) is 1. The van der Waals surface area contributed by atoms with Crippen LogP contribution in [0.1, 0.15) is 48.0 Å². The molecule has 1 aliphatic heterocycles. The number of hydrogen-bond donors (Lipinski definition) is 2. The van der Waals surface area contributed by atoms with Gasteiger partial charge in [-0.3, -0.25) is 14.5 Å². The van der Waals surface area contributed by atoms with Crippen molar-refractivity contribution in [3.05, 3.63) is 59.4 Å². The zero-order valence-electron chi connectivity index (χ0n) is 20.7. The van der Waals surface area contributed by atoms with Crippen LogP contribution >= 0.6 is 0 Å². The first-order valence-electron chi connectivity index (χ1n) is 12.6. The Hall–Kier alpha value is -3.11. The second-order valence-electron chi connectivity index (χ2n) is 10.3. The molecule has 3 fully saturated rings. The van der Waals surface area contributed by atoms with E-state index < -0.39 is 29.4 Å². The molecule has 0 atom stereocenters. The Kier molecular flexibility index (Phi) is 6.89. The summed E-state index contributed by atoms with van der Waals surface area (Å²) in [7, 11) is 2.10. The summed E-state index contributed by atoms with van der Waals surface area (Å²) in [5, 5.41) is 6.00. The Morgan fingerprint density at radius 1 is 0.973 bits per heavy atom. The molecule has 1 heterocycles. The van der Waals surface area contributed by atoms with Gasteiger partial charge in [0.15, 0.2) is 0 Å². The number of nitrogens with one attached hydrogen (secondary N) is 2. The minimum atomic E-state index is -3.08. The Morgan fingerprint density at radius 3 is 2.19 bits per heavy atom. The van der Waals surface area contributed by atoms with Crippen molar-refractivity contribution in [3.63, 3.8) is 0 Å². The summed E-state index contributed by atoms with van der Waals surface area (Å²) in [6, 6.07) is 10.2. The number of carbonyl (C=O) groups excluding carboxylic acids is 2. The fourth-order valence-electron chi connectivity index (χ4n) is 5.32. The van der Waals surface area contributed by atoms with Crippen molar-refractivity contribution in [1.82, 2.24) is 15.1 Å². The average molecular weight is 517 g/mol. The maximum atomic E-state index is 14.3. The summed E-state index contributed by atoms with van der Waals surface area (Å²) in [6.07, 6.45) is 4.48. The van der Waals surface area contributed by atoms with Gasteiger partial charge in [-0.25, -0.2) is 4.39 Å². The molecule has 198 valence electrons. The molecule has 37 heavy (non-hydrogen) atoms. The van der Waals surface area contributed by atoms with E-state index in [4.69, 9.17) is 0 Å². The lowest BCUT2D eigenvalue weighted by atomic mass is 9.71. The Bertz CT molecular complexity index is 1160. The van der Waals surface area contributed by atoms with Gasteiger partial charge in [-0.2, -0.15) is 8.78 Å². The molecule has 10 heteroatoms. The van der Waals surface area contributed by atoms with Crippen molar-refractivity contribution < 1.29 is 27.5 Å². The second-order valence-corrected chi connectivity index (χ2v) is 10.3. The van der Waals surface area contributed by atoms with Crippen LogP contribution in [-0.2, 0) is 10.3 Å². The van der Waals surface area contributed by atoms with Crippen LogP contribution in [-0.4, -0.2) is 67.0 Å². The summed E-state index contributed by atoms with van der Waals surface area (Å²) in [4.78, 5) is 30.6. The van der Waals surface area contributed by atoms with Crippen molar-refractivity contribution in [2.75, 3.05) is 38.5 Å². The van der Waals surface area contributed by atoms with E-state index in [0.29, 0.717) is 5.69 Å². The topological polar surface area (TPSA) is 73.9 Å². The number of piperazine rings is 1. The highest BCUT2D eigenvalue weighted by Crippen LogP contribution is 2.46. The van der Waals surface area contributed by atoms with Gasteiger partial charge in [0.05, 0.1) is 11.1 Å². The van der Waals surface area contributed by atoms with Crippen LogP contribution in [0.4, 0.5) is 18.9 Å². The lowest BCUT2D eigenvalue weighted by Crippen LogP contribution is -2.60. The molecule has 0 radical (unpaired) electrons. The molecule has 3 aliphatic rings. The first-order valence-corrected chi connectivity index (χ1v) is 12.6. The van der Waals surface area contributed by atoms with Crippen LogP contribution in [0.15, 0.2) is 42.5 Å². The monoisotopic (exact) mass is 516 g/mol. The molecule has 2 amide bonds. The quantitative estimate of drug-likeness (QED) is 0.556. The third-order valence-corrected chi connectivity index (χ3v) is 7.92. The summed E-state index contributed by atoms with van der Waals surface area (Å²) in [5.41, 5.74) is 0.329. The van der Waals surface area contributed by atoms with Gasteiger partial charge < -0.3 is 20.3 Å². The van der Waals surface area contributed by atoms with Crippen LogP contribution in [0.3, 0.4) is 0 Å². The van der Waals surface area contributed by atoms with Crippen LogP contribution in [0.2, 0.25) is 0 Å². The number of carbonyl (C=O) groups is 2. The number of ether oxygens (including phenoxy) is 1. The lowest BCUT2D eigenvalue weighted by Gasteiger charge is -2.45. The number of amides is 2. The molecule has 0 aromatic heterocycles. The fourth-order valence-corrected chi connectivity index (χ4v) is 5.32. The smallest absolute Gasteiger partial charge is 0.387 e. The van der Waals surface area contributed by atoms with E-state index in [0.717, 1.165) is 82.0 Å². The first kappa shape index (κ1) is 25.5. The van der Waals surface area contributed by atoms with Gasteiger partial charge in [0.25, 0.3) is 5.91 Å². The highest BCUT2D eigenvalue weighted by atomic mass is 19.3. The molecule has 7 nitrogen and oxygen atoms in total. The van der Waals surface area contributed by atoms with Crippen molar-refractivity contribution in [1.29, 1.82) is 0 Å². The third kappa shape index (κ3) is 5.17. The number of rotatable bonds is 8. The Morgan fingerprint density at radius 2 is 1.65 bits per heavy atom. The van der Waals surface area contributed by atoms with Crippen LogP contribution in [0.5, 0.6) is 5.75 Å². The molecule has 2 aromatic rings. The van der Waals surface area contributed by atoms with E-state index in [9.17, 15) is 22.8 Å². The SMILES string of the molecule is CN1CCN(C2(C(=O)NC3(c4ccc(NC(=O)c5ccc(OC(F)F)cc5F)cc4)CCC3)CC2)CC1. The highest BCUT2D eigenvalue weighted by molar-refractivity contribution is 6.04. The maximum Gasteiger partial charge on any atom is 0.387 e. The summed E-state index contributed by atoms with van der Waals surface area (Å²) < 4.78 is 43.1. The molecule has 2 aliphatic carbocycles. The highest BCUT2D eigenvalue weighted by Gasteiger charge is 2.56. The number of benzene rings is 2. The zero-order chi connectivity index (χ0) is 26.2. The Balaban J connectivity index is 1.24. The van der Waals surface area contributed by atoms with E-state index in [1.807, 2.05) is 12.1 Å². The minimum absolute atomic E-state index is 0.101. The number of nitrogens with zero attached hydrogens (tertiary/aromatic N) is 2. The molecule has 0 spiro atoms. The van der Waals surface area contributed by atoms with Gasteiger partial charge in [0.1, 0.15) is 17.1 Å². The molecule has 2 aromatic carbocycles. The van der Waals surface area contributed by atoms with Crippen molar-refractivity contribution in [2.45, 2.75) is 49.8 Å². The van der Waals surface area contributed by atoms with Crippen LogP contribution < -0.4 is 15.4 Å². The second kappa shape index (κ2) is 9.98. The fraction of sp³-hybridized carbons (Fsp3) is 0.481. The number of alkyl halides is 2. The summed E-state index contributed by atoms with van der Waals surface area (Å²) in [5.74, 6) is -1.92. The third-order valence-electron chi connectivity index (χ3n) is 7.92. The predicted molar refractivity (Wildman–Crippen MR) is 132 cm³/mol.